The summed E-state index contributed by atoms with van der Waals surface area (Å²) in [5.41, 5.74) is 1.38. The fourth-order valence-electron chi connectivity index (χ4n) is 1.92. The molecule has 0 aliphatic rings. The van der Waals surface area contributed by atoms with Gasteiger partial charge in [0.25, 0.3) is 5.91 Å². The summed E-state index contributed by atoms with van der Waals surface area (Å²) >= 11 is 11.8. The Balaban J connectivity index is 2.04. The van der Waals surface area contributed by atoms with Crippen LogP contribution in [0.4, 0.5) is 15.8 Å². The second kappa shape index (κ2) is 7.53. The van der Waals surface area contributed by atoms with Gasteiger partial charge in [0, 0.05) is 19.1 Å². The van der Waals surface area contributed by atoms with Gasteiger partial charge in [0.2, 0.25) is 0 Å². The summed E-state index contributed by atoms with van der Waals surface area (Å²) in [5, 5.41) is 3.34. The summed E-state index contributed by atoms with van der Waals surface area (Å²) in [5.74, 6) is -0.612. The third-order valence-corrected chi connectivity index (χ3v) is 3.50. The van der Waals surface area contributed by atoms with Crippen molar-refractivity contribution in [3.8, 4) is 5.75 Å². The quantitative estimate of drug-likeness (QED) is 0.871. The van der Waals surface area contributed by atoms with Crippen molar-refractivity contribution in [3.05, 3.63) is 52.3 Å². The van der Waals surface area contributed by atoms with Crippen LogP contribution in [0.5, 0.6) is 5.75 Å². The minimum absolute atomic E-state index is 0.106. The number of halogens is 3. The van der Waals surface area contributed by atoms with E-state index in [4.69, 9.17) is 27.9 Å². The Morgan fingerprint density at radius 2 is 1.96 bits per heavy atom. The van der Waals surface area contributed by atoms with E-state index in [2.05, 4.69) is 5.32 Å². The zero-order valence-corrected chi connectivity index (χ0v) is 14.1. The maximum atomic E-state index is 13.0. The lowest BCUT2D eigenvalue weighted by Crippen LogP contribution is -2.22. The molecule has 1 amide bonds. The smallest absolute Gasteiger partial charge is 0.262 e. The molecule has 4 nitrogen and oxygen atoms in total. The van der Waals surface area contributed by atoms with E-state index >= 15 is 0 Å². The molecule has 0 bridgehead atoms. The maximum absolute atomic E-state index is 13.0. The number of rotatable bonds is 5. The van der Waals surface area contributed by atoms with Gasteiger partial charge >= 0.3 is 0 Å². The SMILES string of the molecule is CN(C)c1ccc(Cl)cc1NC(=O)COc1ccc(F)cc1Cl. The van der Waals surface area contributed by atoms with E-state index in [1.165, 1.54) is 12.1 Å². The molecule has 0 spiro atoms. The van der Waals surface area contributed by atoms with Gasteiger partial charge in [-0.1, -0.05) is 23.2 Å². The molecule has 0 fully saturated rings. The largest absolute Gasteiger partial charge is 0.482 e. The van der Waals surface area contributed by atoms with Gasteiger partial charge in [0.15, 0.2) is 6.61 Å². The number of hydrogen-bond donors (Lipinski definition) is 1. The zero-order valence-electron chi connectivity index (χ0n) is 12.6. The first-order valence-electron chi connectivity index (χ1n) is 6.71. The number of hydrogen-bond acceptors (Lipinski definition) is 3. The molecule has 122 valence electrons. The lowest BCUT2D eigenvalue weighted by Gasteiger charge is -2.18. The predicted octanol–water partition coefficient (Wildman–Crippen LogP) is 4.22. The first kappa shape index (κ1) is 17.4. The molecule has 2 rings (SSSR count). The van der Waals surface area contributed by atoms with Crippen molar-refractivity contribution in [2.75, 3.05) is 30.9 Å². The van der Waals surface area contributed by atoms with Gasteiger partial charge in [-0.3, -0.25) is 4.79 Å². The number of nitrogens with one attached hydrogen (secondary N) is 1. The van der Waals surface area contributed by atoms with Crippen LogP contribution >= 0.6 is 23.2 Å². The molecule has 7 heteroatoms. The third-order valence-electron chi connectivity index (χ3n) is 2.97. The fraction of sp³-hybridized carbons (Fsp3) is 0.188. The van der Waals surface area contributed by atoms with Crippen molar-refractivity contribution in [2.24, 2.45) is 0 Å². The standard InChI is InChI=1S/C16H15Cl2FN2O2/c1-21(2)14-5-3-10(17)7-13(14)20-16(22)9-23-15-6-4-11(19)8-12(15)18/h3-8H,9H2,1-2H3,(H,20,22). The van der Waals surface area contributed by atoms with Gasteiger partial charge < -0.3 is 15.0 Å². The number of ether oxygens (including phenoxy) is 1. The van der Waals surface area contributed by atoms with Crippen LogP contribution in [0.15, 0.2) is 36.4 Å². The number of carbonyl (C=O) groups excluding carboxylic acids is 1. The van der Waals surface area contributed by atoms with E-state index in [1.807, 2.05) is 19.0 Å². The Bertz CT molecular complexity index is 723. The Kier molecular flexibility index (Phi) is 5.69. The van der Waals surface area contributed by atoms with E-state index in [-0.39, 0.29) is 23.3 Å². The Hall–Kier alpha value is -1.98. The zero-order chi connectivity index (χ0) is 17.0. The summed E-state index contributed by atoms with van der Waals surface area (Å²) in [6, 6.07) is 8.89. The molecule has 0 aromatic heterocycles. The molecular weight excluding hydrogens is 342 g/mol. The molecular formula is C16H15Cl2FN2O2. The number of amides is 1. The van der Waals surface area contributed by atoms with Crippen LogP contribution in [0.25, 0.3) is 0 Å². The first-order valence-corrected chi connectivity index (χ1v) is 7.47. The van der Waals surface area contributed by atoms with Crippen molar-refractivity contribution >= 4 is 40.5 Å². The highest BCUT2D eigenvalue weighted by Crippen LogP contribution is 2.28. The van der Waals surface area contributed by atoms with Gasteiger partial charge in [-0.15, -0.1) is 0 Å². The number of benzene rings is 2. The summed E-state index contributed by atoms with van der Waals surface area (Å²) in [7, 11) is 3.71. The van der Waals surface area contributed by atoms with Crippen LogP contribution < -0.4 is 15.0 Å². The van der Waals surface area contributed by atoms with Crippen LogP contribution in [-0.2, 0) is 4.79 Å². The minimum Gasteiger partial charge on any atom is -0.482 e. The lowest BCUT2D eigenvalue weighted by molar-refractivity contribution is -0.118. The monoisotopic (exact) mass is 356 g/mol. The highest BCUT2D eigenvalue weighted by Gasteiger charge is 2.11. The van der Waals surface area contributed by atoms with Crippen LogP contribution in [-0.4, -0.2) is 26.6 Å². The third kappa shape index (κ3) is 4.74. The van der Waals surface area contributed by atoms with Crippen molar-refractivity contribution in [1.29, 1.82) is 0 Å². The molecule has 2 aromatic carbocycles. The second-order valence-corrected chi connectivity index (χ2v) is 5.81. The van der Waals surface area contributed by atoms with Gasteiger partial charge in [0.05, 0.1) is 16.4 Å². The molecule has 0 saturated heterocycles. The molecule has 2 aromatic rings. The summed E-state index contributed by atoms with van der Waals surface area (Å²) < 4.78 is 18.3. The molecule has 0 atom stereocenters. The summed E-state index contributed by atoms with van der Waals surface area (Å²) in [4.78, 5) is 13.9. The maximum Gasteiger partial charge on any atom is 0.262 e. The lowest BCUT2D eigenvalue weighted by atomic mass is 10.2. The van der Waals surface area contributed by atoms with E-state index in [0.29, 0.717) is 10.7 Å². The molecule has 0 saturated carbocycles. The van der Waals surface area contributed by atoms with Crippen LogP contribution in [0.1, 0.15) is 0 Å². The van der Waals surface area contributed by atoms with E-state index in [0.717, 1.165) is 11.8 Å². The average Bonchev–Trinajstić information content (AvgIpc) is 2.46. The Morgan fingerprint density at radius 3 is 2.61 bits per heavy atom. The van der Waals surface area contributed by atoms with Crippen LogP contribution in [0.3, 0.4) is 0 Å². The van der Waals surface area contributed by atoms with E-state index < -0.39 is 5.82 Å². The van der Waals surface area contributed by atoms with Gasteiger partial charge in [-0.05, 0) is 36.4 Å². The summed E-state index contributed by atoms with van der Waals surface area (Å²) in [6.07, 6.45) is 0. The van der Waals surface area contributed by atoms with E-state index in [1.54, 1.807) is 18.2 Å². The molecule has 0 aliphatic carbocycles. The van der Waals surface area contributed by atoms with Crippen molar-refractivity contribution in [1.82, 2.24) is 0 Å². The number of nitrogens with zero attached hydrogens (tertiary/aromatic N) is 1. The number of anilines is 2. The highest BCUT2D eigenvalue weighted by molar-refractivity contribution is 6.32. The average molecular weight is 357 g/mol. The summed E-state index contributed by atoms with van der Waals surface area (Å²) in [6.45, 7) is -0.259. The second-order valence-electron chi connectivity index (χ2n) is 4.97. The minimum atomic E-state index is -0.471. The molecule has 23 heavy (non-hydrogen) atoms. The molecule has 0 heterocycles. The first-order chi connectivity index (χ1) is 10.9. The van der Waals surface area contributed by atoms with Crippen molar-refractivity contribution in [3.63, 3.8) is 0 Å². The number of carbonyl (C=O) groups is 1. The predicted molar refractivity (Wildman–Crippen MR) is 91.3 cm³/mol. The van der Waals surface area contributed by atoms with Crippen LogP contribution in [0, 0.1) is 5.82 Å². The van der Waals surface area contributed by atoms with Gasteiger partial charge in [-0.25, -0.2) is 4.39 Å². The Labute approximate surface area is 143 Å². The highest BCUT2D eigenvalue weighted by atomic mass is 35.5. The molecule has 1 N–H and O–H groups in total. The molecule has 0 unspecified atom stereocenters. The van der Waals surface area contributed by atoms with Gasteiger partial charge in [-0.2, -0.15) is 0 Å². The normalized spacial score (nSPS) is 10.3. The topological polar surface area (TPSA) is 41.6 Å². The van der Waals surface area contributed by atoms with Crippen LogP contribution in [0.2, 0.25) is 10.0 Å². The molecule has 0 radical (unpaired) electrons. The fourth-order valence-corrected chi connectivity index (χ4v) is 2.31. The van der Waals surface area contributed by atoms with Gasteiger partial charge in [0.1, 0.15) is 11.6 Å². The van der Waals surface area contributed by atoms with Crippen molar-refractivity contribution in [2.45, 2.75) is 0 Å². The van der Waals surface area contributed by atoms with E-state index in [9.17, 15) is 9.18 Å². The van der Waals surface area contributed by atoms with Crippen molar-refractivity contribution < 1.29 is 13.9 Å². The molecule has 0 aliphatic heterocycles. The Morgan fingerprint density at radius 1 is 1.22 bits per heavy atom.